The molecule has 0 aliphatic rings. The van der Waals surface area contributed by atoms with Gasteiger partial charge in [-0.05, 0) is 24.3 Å². The molecule has 0 fully saturated rings. The summed E-state index contributed by atoms with van der Waals surface area (Å²) in [5, 5.41) is 8.42. The molecule has 0 bridgehead atoms. The SMILES string of the molecule is CC(F)(F)Oc1ccc(C#N)cc1. The second-order valence-corrected chi connectivity index (χ2v) is 2.55. The van der Waals surface area contributed by atoms with E-state index in [1.807, 2.05) is 6.07 Å². The van der Waals surface area contributed by atoms with E-state index >= 15 is 0 Å². The molecule has 0 saturated heterocycles. The van der Waals surface area contributed by atoms with Crippen LogP contribution in [0.5, 0.6) is 5.75 Å². The van der Waals surface area contributed by atoms with E-state index in [-0.39, 0.29) is 5.75 Å². The van der Waals surface area contributed by atoms with E-state index in [1.54, 1.807) is 0 Å². The number of halogens is 2. The quantitative estimate of drug-likeness (QED) is 0.705. The Hall–Kier alpha value is -1.63. The lowest BCUT2D eigenvalue weighted by Crippen LogP contribution is -2.18. The van der Waals surface area contributed by atoms with Gasteiger partial charge in [-0.1, -0.05) is 0 Å². The summed E-state index contributed by atoms with van der Waals surface area (Å²) < 4.78 is 28.9. The summed E-state index contributed by atoms with van der Waals surface area (Å²) in [4.78, 5) is 0. The molecule has 0 heterocycles. The molecule has 68 valence electrons. The predicted octanol–water partition coefficient (Wildman–Crippen LogP) is 2.55. The van der Waals surface area contributed by atoms with E-state index < -0.39 is 6.11 Å². The maximum Gasteiger partial charge on any atom is 0.394 e. The van der Waals surface area contributed by atoms with Gasteiger partial charge in [-0.2, -0.15) is 14.0 Å². The number of hydrogen-bond acceptors (Lipinski definition) is 2. The predicted molar refractivity (Wildman–Crippen MR) is 42.4 cm³/mol. The third-order valence-corrected chi connectivity index (χ3v) is 1.28. The van der Waals surface area contributed by atoms with Crippen molar-refractivity contribution in [2.75, 3.05) is 0 Å². The van der Waals surface area contributed by atoms with E-state index in [1.165, 1.54) is 24.3 Å². The molecule has 1 rings (SSSR count). The molecule has 1 aromatic carbocycles. The molecule has 0 aliphatic heterocycles. The molecule has 0 atom stereocenters. The Labute approximate surface area is 74.4 Å². The molecule has 0 unspecified atom stereocenters. The summed E-state index contributed by atoms with van der Waals surface area (Å²) in [6, 6.07) is 7.37. The maximum atomic E-state index is 12.3. The Balaban J connectivity index is 2.77. The van der Waals surface area contributed by atoms with Crippen LogP contribution in [0.3, 0.4) is 0 Å². The van der Waals surface area contributed by atoms with Gasteiger partial charge >= 0.3 is 6.11 Å². The fraction of sp³-hybridized carbons (Fsp3) is 0.222. The van der Waals surface area contributed by atoms with Crippen LogP contribution in [0.1, 0.15) is 12.5 Å². The van der Waals surface area contributed by atoms with Crippen molar-refractivity contribution >= 4 is 0 Å². The van der Waals surface area contributed by atoms with Gasteiger partial charge in [0.15, 0.2) is 0 Å². The number of benzene rings is 1. The monoisotopic (exact) mass is 183 g/mol. The Bertz CT molecular complexity index is 321. The lowest BCUT2D eigenvalue weighted by molar-refractivity contribution is -0.158. The third kappa shape index (κ3) is 3.08. The highest BCUT2D eigenvalue weighted by molar-refractivity contribution is 5.34. The molecular formula is C9H7F2NO. The third-order valence-electron chi connectivity index (χ3n) is 1.28. The molecule has 0 N–H and O–H groups in total. The van der Waals surface area contributed by atoms with Crippen LogP contribution in [0.4, 0.5) is 8.78 Å². The molecular weight excluding hydrogens is 176 g/mol. The highest BCUT2D eigenvalue weighted by Gasteiger charge is 2.22. The summed E-state index contributed by atoms with van der Waals surface area (Å²) >= 11 is 0. The van der Waals surface area contributed by atoms with Gasteiger partial charge in [-0.3, -0.25) is 0 Å². The number of nitriles is 1. The maximum absolute atomic E-state index is 12.3. The highest BCUT2D eigenvalue weighted by atomic mass is 19.3. The van der Waals surface area contributed by atoms with Crippen LogP contribution in [0.25, 0.3) is 0 Å². The van der Waals surface area contributed by atoms with E-state index in [0.29, 0.717) is 12.5 Å². The molecule has 0 saturated carbocycles. The van der Waals surface area contributed by atoms with Gasteiger partial charge < -0.3 is 4.74 Å². The molecule has 13 heavy (non-hydrogen) atoms. The molecule has 2 nitrogen and oxygen atoms in total. The first-order valence-corrected chi connectivity index (χ1v) is 3.58. The molecule has 4 heteroatoms. The second-order valence-electron chi connectivity index (χ2n) is 2.55. The van der Waals surface area contributed by atoms with E-state index in [0.717, 1.165) is 0 Å². The number of hydrogen-bond donors (Lipinski definition) is 0. The van der Waals surface area contributed by atoms with Crippen LogP contribution in [-0.4, -0.2) is 6.11 Å². The minimum Gasteiger partial charge on any atom is -0.433 e. The van der Waals surface area contributed by atoms with Gasteiger partial charge in [-0.25, -0.2) is 0 Å². The molecule has 0 aliphatic carbocycles. The largest absolute Gasteiger partial charge is 0.433 e. The van der Waals surface area contributed by atoms with Crippen LogP contribution in [0.15, 0.2) is 24.3 Å². The Morgan fingerprint density at radius 2 is 1.85 bits per heavy atom. The number of alkyl halides is 2. The summed E-state index contributed by atoms with van der Waals surface area (Å²) in [6.45, 7) is 0.658. The minimum atomic E-state index is -3.19. The van der Waals surface area contributed by atoms with Crippen LogP contribution < -0.4 is 4.74 Å². The number of ether oxygens (including phenoxy) is 1. The topological polar surface area (TPSA) is 33.0 Å². The Kier molecular flexibility index (Phi) is 2.47. The second kappa shape index (κ2) is 3.40. The van der Waals surface area contributed by atoms with Crippen LogP contribution >= 0.6 is 0 Å². The van der Waals surface area contributed by atoms with Crippen molar-refractivity contribution in [2.45, 2.75) is 13.0 Å². The van der Waals surface area contributed by atoms with E-state index in [4.69, 9.17) is 5.26 Å². The minimum absolute atomic E-state index is 0.0477. The van der Waals surface area contributed by atoms with Gasteiger partial charge in [0, 0.05) is 6.92 Å². The normalized spacial score (nSPS) is 10.6. The summed E-state index contributed by atoms with van der Waals surface area (Å²) in [5.74, 6) is 0.0477. The van der Waals surface area contributed by atoms with E-state index in [9.17, 15) is 8.78 Å². The molecule has 0 amide bonds. The average molecular weight is 183 g/mol. The highest BCUT2D eigenvalue weighted by Crippen LogP contribution is 2.20. The van der Waals surface area contributed by atoms with E-state index in [2.05, 4.69) is 4.74 Å². The zero-order chi connectivity index (χ0) is 9.90. The van der Waals surface area contributed by atoms with Crippen molar-refractivity contribution in [1.82, 2.24) is 0 Å². The van der Waals surface area contributed by atoms with Gasteiger partial charge in [0.25, 0.3) is 0 Å². The molecule has 1 aromatic rings. The van der Waals surface area contributed by atoms with Crippen molar-refractivity contribution < 1.29 is 13.5 Å². The fourth-order valence-electron chi connectivity index (χ4n) is 0.804. The Morgan fingerprint density at radius 1 is 1.31 bits per heavy atom. The van der Waals surface area contributed by atoms with Crippen molar-refractivity contribution in [2.24, 2.45) is 0 Å². The zero-order valence-corrected chi connectivity index (χ0v) is 6.92. The Morgan fingerprint density at radius 3 is 2.23 bits per heavy atom. The average Bonchev–Trinajstić information content (AvgIpc) is 2.03. The number of nitrogens with zero attached hydrogens (tertiary/aromatic N) is 1. The van der Waals surface area contributed by atoms with Gasteiger partial charge in [0.05, 0.1) is 11.6 Å². The van der Waals surface area contributed by atoms with Crippen molar-refractivity contribution in [3.63, 3.8) is 0 Å². The van der Waals surface area contributed by atoms with Crippen molar-refractivity contribution in [3.8, 4) is 11.8 Å². The van der Waals surface area contributed by atoms with Gasteiger partial charge in [0.2, 0.25) is 0 Å². The first-order chi connectivity index (χ1) is 6.01. The first-order valence-electron chi connectivity index (χ1n) is 3.58. The van der Waals surface area contributed by atoms with Crippen LogP contribution in [0.2, 0.25) is 0 Å². The van der Waals surface area contributed by atoms with Gasteiger partial charge in [-0.15, -0.1) is 0 Å². The lowest BCUT2D eigenvalue weighted by atomic mass is 10.2. The molecule has 0 radical (unpaired) electrons. The standard InChI is InChI=1S/C9H7F2NO/c1-9(10,11)13-8-4-2-7(6-12)3-5-8/h2-5H,1H3. The smallest absolute Gasteiger partial charge is 0.394 e. The lowest BCUT2D eigenvalue weighted by Gasteiger charge is -2.12. The summed E-state index contributed by atoms with van der Waals surface area (Å²) in [5.41, 5.74) is 0.409. The molecule has 0 aromatic heterocycles. The van der Waals surface area contributed by atoms with Gasteiger partial charge in [0.1, 0.15) is 5.75 Å². The summed E-state index contributed by atoms with van der Waals surface area (Å²) in [7, 11) is 0. The first kappa shape index (κ1) is 9.46. The van der Waals surface area contributed by atoms with Crippen molar-refractivity contribution in [3.05, 3.63) is 29.8 Å². The fourth-order valence-corrected chi connectivity index (χ4v) is 0.804. The van der Waals surface area contributed by atoms with Crippen LogP contribution in [-0.2, 0) is 0 Å². The summed E-state index contributed by atoms with van der Waals surface area (Å²) in [6.07, 6.45) is -3.19. The zero-order valence-electron chi connectivity index (χ0n) is 6.92. The van der Waals surface area contributed by atoms with Crippen LogP contribution in [0, 0.1) is 11.3 Å². The number of rotatable bonds is 2. The van der Waals surface area contributed by atoms with Crippen molar-refractivity contribution in [1.29, 1.82) is 5.26 Å². The molecule has 0 spiro atoms.